The van der Waals surface area contributed by atoms with Crippen LogP contribution in [0.1, 0.15) is 19.8 Å². The second-order valence-electron chi connectivity index (χ2n) is 4.39. The van der Waals surface area contributed by atoms with Gasteiger partial charge in [-0.25, -0.2) is 0 Å². The first-order valence-electron chi connectivity index (χ1n) is 5.48. The molecule has 1 aliphatic rings. The Labute approximate surface area is 104 Å². The van der Waals surface area contributed by atoms with Crippen LogP contribution in [0.5, 0.6) is 11.5 Å². The molecule has 0 radical (unpaired) electrons. The summed E-state index contributed by atoms with van der Waals surface area (Å²) in [5.74, 6) is 0.737. The van der Waals surface area contributed by atoms with Gasteiger partial charge in [0.2, 0.25) is 0 Å². The minimum absolute atomic E-state index is 0.188. The number of rotatable bonds is 2. The van der Waals surface area contributed by atoms with Crippen molar-refractivity contribution in [1.29, 1.82) is 0 Å². The second kappa shape index (κ2) is 4.63. The van der Waals surface area contributed by atoms with E-state index in [9.17, 15) is 5.11 Å². The van der Waals surface area contributed by atoms with Gasteiger partial charge >= 0.3 is 0 Å². The summed E-state index contributed by atoms with van der Waals surface area (Å²) in [5, 5.41) is 13.1. The number of phenolic OH excluding ortho intramolecular Hbond substituents is 1. The Bertz CT molecular complexity index is 355. The third-order valence-electron chi connectivity index (χ3n) is 2.96. The van der Waals surface area contributed by atoms with Crippen LogP contribution in [0.3, 0.4) is 0 Å². The lowest BCUT2D eigenvalue weighted by Gasteiger charge is -2.35. The van der Waals surface area contributed by atoms with Gasteiger partial charge in [0, 0.05) is 0 Å². The highest BCUT2D eigenvalue weighted by Crippen LogP contribution is 2.38. The first-order chi connectivity index (χ1) is 7.61. The Hall–Kier alpha value is -0.740. The maximum Gasteiger partial charge on any atom is 0.175 e. The number of phenols is 1. The molecule has 0 spiro atoms. The van der Waals surface area contributed by atoms with Gasteiger partial charge in [0.05, 0.1) is 4.47 Å². The smallest absolute Gasteiger partial charge is 0.175 e. The predicted octanol–water partition coefficient (Wildman–Crippen LogP) is 2.68. The highest BCUT2D eigenvalue weighted by Gasteiger charge is 2.30. The van der Waals surface area contributed by atoms with Crippen LogP contribution in [-0.4, -0.2) is 23.8 Å². The van der Waals surface area contributed by atoms with E-state index < -0.39 is 0 Å². The maximum absolute atomic E-state index is 9.77. The van der Waals surface area contributed by atoms with Crippen LogP contribution in [0.25, 0.3) is 0 Å². The van der Waals surface area contributed by atoms with Gasteiger partial charge in [0.25, 0.3) is 0 Å². The standard InChI is InChI=1S/C12H16BrNO2/c1-12(5-7-14-8-6-12)16-11-9(13)3-2-4-10(11)15/h2-4,14-15H,5-8H2,1H3. The van der Waals surface area contributed by atoms with E-state index in [1.54, 1.807) is 12.1 Å². The van der Waals surface area contributed by atoms with Gasteiger partial charge in [-0.05, 0) is 60.9 Å². The van der Waals surface area contributed by atoms with Crippen molar-refractivity contribution in [3.63, 3.8) is 0 Å². The predicted molar refractivity (Wildman–Crippen MR) is 66.9 cm³/mol. The van der Waals surface area contributed by atoms with Crippen molar-refractivity contribution in [2.45, 2.75) is 25.4 Å². The van der Waals surface area contributed by atoms with Crippen molar-refractivity contribution in [2.24, 2.45) is 0 Å². The molecule has 1 aliphatic heterocycles. The number of hydrogen-bond donors (Lipinski definition) is 2. The van der Waals surface area contributed by atoms with Gasteiger partial charge in [-0.15, -0.1) is 0 Å². The fraction of sp³-hybridized carbons (Fsp3) is 0.500. The minimum atomic E-state index is -0.188. The van der Waals surface area contributed by atoms with Crippen molar-refractivity contribution < 1.29 is 9.84 Å². The molecular weight excluding hydrogens is 270 g/mol. The molecule has 1 aromatic carbocycles. The molecule has 0 saturated carbocycles. The summed E-state index contributed by atoms with van der Waals surface area (Å²) in [6, 6.07) is 5.31. The Morgan fingerprint density at radius 1 is 1.38 bits per heavy atom. The average molecular weight is 286 g/mol. The number of hydrogen-bond acceptors (Lipinski definition) is 3. The lowest BCUT2D eigenvalue weighted by atomic mass is 9.94. The fourth-order valence-corrected chi connectivity index (χ4v) is 2.34. The number of ether oxygens (including phenoxy) is 1. The third-order valence-corrected chi connectivity index (χ3v) is 3.58. The number of benzene rings is 1. The molecule has 88 valence electrons. The van der Waals surface area contributed by atoms with Crippen LogP contribution < -0.4 is 10.1 Å². The summed E-state index contributed by atoms with van der Waals surface area (Å²) in [4.78, 5) is 0. The maximum atomic E-state index is 9.77. The van der Waals surface area contributed by atoms with Gasteiger partial charge in [0.1, 0.15) is 5.60 Å². The van der Waals surface area contributed by atoms with E-state index in [2.05, 4.69) is 28.2 Å². The van der Waals surface area contributed by atoms with E-state index in [4.69, 9.17) is 4.74 Å². The van der Waals surface area contributed by atoms with Crippen molar-refractivity contribution in [3.8, 4) is 11.5 Å². The first-order valence-corrected chi connectivity index (χ1v) is 6.27. The zero-order chi connectivity index (χ0) is 11.6. The van der Waals surface area contributed by atoms with Crippen LogP contribution in [0.4, 0.5) is 0 Å². The number of aromatic hydroxyl groups is 1. The molecule has 2 N–H and O–H groups in total. The Morgan fingerprint density at radius 3 is 2.69 bits per heavy atom. The van der Waals surface area contributed by atoms with Gasteiger partial charge in [-0.1, -0.05) is 6.07 Å². The summed E-state index contributed by atoms with van der Waals surface area (Å²) in [6.45, 7) is 4.01. The molecule has 1 aromatic rings. The lowest BCUT2D eigenvalue weighted by molar-refractivity contribution is 0.0519. The van der Waals surface area contributed by atoms with Gasteiger partial charge < -0.3 is 15.2 Å². The van der Waals surface area contributed by atoms with Crippen LogP contribution in [-0.2, 0) is 0 Å². The van der Waals surface area contributed by atoms with E-state index in [1.165, 1.54) is 0 Å². The molecule has 16 heavy (non-hydrogen) atoms. The van der Waals surface area contributed by atoms with E-state index in [1.807, 2.05) is 6.07 Å². The molecule has 1 fully saturated rings. The van der Waals surface area contributed by atoms with Gasteiger partial charge in [0.15, 0.2) is 11.5 Å². The van der Waals surface area contributed by atoms with E-state index >= 15 is 0 Å². The van der Waals surface area contributed by atoms with Crippen molar-refractivity contribution >= 4 is 15.9 Å². The SMILES string of the molecule is CC1(Oc2c(O)cccc2Br)CCNCC1. The molecule has 0 bridgehead atoms. The molecular formula is C12H16BrNO2. The number of halogens is 1. The summed E-state index contributed by atoms with van der Waals surface area (Å²) in [5.41, 5.74) is -0.188. The normalized spacial score (nSPS) is 19.4. The van der Waals surface area contributed by atoms with Crippen LogP contribution in [0.2, 0.25) is 0 Å². The minimum Gasteiger partial charge on any atom is -0.504 e. The zero-order valence-corrected chi connectivity index (χ0v) is 10.9. The summed E-state index contributed by atoms with van der Waals surface area (Å²) < 4.78 is 6.77. The Balaban J connectivity index is 2.19. The fourth-order valence-electron chi connectivity index (χ4n) is 1.90. The molecule has 0 unspecified atom stereocenters. The molecule has 1 saturated heterocycles. The van der Waals surface area contributed by atoms with E-state index in [0.717, 1.165) is 30.4 Å². The van der Waals surface area contributed by atoms with Crippen molar-refractivity contribution in [2.75, 3.05) is 13.1 Å². The molecule has 3 nitrogen and oxygen atoms in total. The second-order valence-corrected chi connectivity index (χ2v) is 5.24. The van der Waals surface area contributed by atoms with E-state index in [0.29, 0.717) is 5.75 Å². The molecule has 4 heteroatoms. The number of nitrogens with one attached hydrogen (secondary N) is 1. The topological polar surface area (TPSA) is 41.5 Å². The average Bonchev–Trinajstić information content (AvgIpc) is 2.25. The molecule has 0 aliphatic carbocycles. The molecule has 2 rings (SSSR count). The molecule has 0 amide bonds. The largest absolute Gasteiger partial charge is 0.504 e. The summed E-state index contributed by atoms with van der Waals surface area (Å²) in [7, 11) is 0. The Kier molecular flexibility index (Phi) is 3.40. The number of para-hydroxylation sites is 1. The van der Waals surface area contributed by atoms with Crippen LogP contribution in [0, 0.1) is 0 Å². The van der Waals surface area contributed by atoms with Crippen LogP contribution in [0.15, 0.2) is 22.7 Å². The van der Waals surface area contributed by atoms with E-state index in [-0.39, 0.29) is 11.4 Å². The first kappa shape index (κ1) is 11.7. The van der Waals surface area contributed by atoms with Crippen molar-refractivity contribution in [3.05, 3.63) is 22.7 Å². The van der Waals surface area contributed by atoms with Crippen molar-refractivity contribution in [1.82, 2.24) is 5.32 Å². The quantitative estimate of drug-likeness (QED) is 0.878. The number of piperidine rings is 1. The highest BCUT2D eigenvalue weighted by atomic mass is 79.9. The Morgan fingerprint density at radius 2 is 2.06 bits per heavy atom. The molecule has 0 aromatic heterocycles. The van der Waals surface area contributed by atoms with Gasteiger partial charge in [-0.3, -0.25) is 0 Å². The molecule has 0 atom stereocenters. The van der Waals surface area contributed by atoms with Gasteiger partial charge in [-0.2, -0.15) is 0 Å². The zero-order valence-electron chi connectivity index (χ0n) is 9.29. The summed E-state index contributed by atoms with van der Waals surface area (Å²) >= 11 is 3.40. The lowest BCUT2D eigenvalue weighted by Crippen LogP contribution is -2.43. The summed E-state index contributed by atoms with van der Waals surface area (Å²) in [6.07, 6.45) is 1.90. The highest BCUT2D eigenvalue weighted by molar-refractivity contribution is 9.10. The monoisotopic (exact) mass is 285 g/mol. The molecule has 1 heterocycles. The third kappa shape index (κ3) is 2.50. The van der Waals surface area contributed by atoms with Crippen LogP contribution >= 0.6 is 15.9 Å².